The van der Waals surface area contributed by atoms with Gasteiger partial charge in [-0.05, 0) is 67.2 Å². The van der Waals surface area contributed by atoms with Crippen LogP contribution >= 0.6 is 0 Å². The number of ether oxygens (including phenoxy) is 1. The van der Waals surface area contributed by atoms with Crippen molar-refractivity contribution in [2.24, 2.45) is 5.41 Å². The third kappa shape index (κ3) is 1.97. The number of carbonyl (C=O) groups excluding carboxylic acids is 2. The Hall–Kier alpha value is -2.04. The molecule has 4 aliphatic rings. The van der Waals surface area contributed by atoms with Gasteiger partial charge in [0.05, 0.1) is 12.5 Å². The minimum absolute atomic E-state index is 0.0431. The average Bonchev–Trinajstić information content (AvgIpc) is 3.10. The molecule has 26 heavy (non-hydrogen) atoms. The lowest BCUT2D eigenvalue weighted by Gasteiger charge is -2.54. The fraction of sp³-hybridized carbons (Fsp3) is 0.619. The number of hydrogen-bond acceptors (Lipinski definition) is 3. The van der Waals surface area contributed by atoms with E-state index in [1.807, 2.05) is 11.0 Å². The van der Waals surface area contributed by atoms with Crippen LogP contribution in [0.3, 0.4) is 0 Å². The molecule has 1 aromatic rings. The van der Waals surface area contributed by atoms with Crippen LogP contribution in [0.25, 0.3) is 0 Å². The Bertz CT molecular complexity index is 806. The van der Waals surface area contributed by atoms with Crippen molar-refractivity contribution < 1.29 is 14.3 Å². The number of methoxy groups -OCH3 is 1. The van der Waals surface area contributed by atoms with E-state index in [-0.39, 0.29) is 29.3 Å². The molecule has 5 heteroatoms. The number of hydrogen-bond donors (Lipinski definition) is 1. The van der Waals surface area contributed by atoms with E-state index in [1.54, 1.807) is 7.11 Å². The van der Waals surface area contributed by atoms with Crippen LogP contribution < -0.4 is 10.1 Å². The predicted octanol–water partition coefficient (Wildman–Crippen LogP) is 2.17. The standard InChI is InChI=1S/C21H26N2O3/c1-20-8-7-17-21(12-20,11-13-5-6-14(26-2)10-15(13)20)19(25)23-9-3-4-16(23)18(24)22-17/h5-6,10,16-17H,3-4,7-9,11-12H2,1-2H3,(H,22,24)/t16-,17-,20-,21+/m0/s1. The summed E-state index contributed by atoms with van der Waals surface area (Å²) in [5, 5.41) is 3.27. The van der Waals surface area contributed by atoms with Crippen molar-refractivity contribution in [3.63, 3.8) is 0 Å². The zero-order valence-corrected chi connectivity index (χ0v) is 15.5. The molecule has 138 valence electrons. The third-order valence-electron chi connectivity index (χ3n) is 7.39. The van der Waals surface area contributed by atoms with Gasteiger partial charge in [-0.25, -0.2) is 0 Å². The molecule has 2 aliphatic heterocycles. The molecule has 4 atom stereocenters. The van der Waals surface area contributed by atoms with Gasteiger partial charge in [0.25, 0.3) is 0 Å². The third-order valence-corrected chi connectivity index (χ3v) is 7.39. The van der Waals surface area contributed by atoms with Crippen molar-refractivity contribution in [3.8, 4) is 5.75 Å². The Morgan fingerprint density at radius 2 is 2.12 bits per heavy atom. The first kappa shape index (κ1) is 16.2. The van der Waals surface area contributed by atoms with Gasteiger partial charge in [-0.3, -0.25) is 9.59 Å². The van der Waals surface area contributed by atoms with E-state index in [0.717, 1.165) is 50.8 Å². The highest BCUT2D eigenvalue weighted by Gasteiger charge is 2.61. The molecule has 2 aliphatic carbocycles. The summed E-state index contributed by atoms with van der Waals surface area (Å²) >= 11 is 0. The normalized spacial score (nSPS) is 38.0. The Labute approximate surface area is 154 Å². The highest BCUT2D eigenvalue weighted by Crippen LogP contribution is 2.56. The molecule has 0 radical (unpaired) electrons. The molecule has 3 fully saturated rings. The highest BCUT2D eigenvalue weighted by atomic mass is 16.5. The van der Waals surface area contributed by atoms with Crippen molar-refractivity contribution in [1.29, 1.82) is 0 Å². The van der Waals surface area contributed by atoms with Gasteiger partial charge in [0.15, 0.2) is 0 Å². The summed E-state index contributed by atoms with van der Waals surface area (Å²) in [5.41, 5.74) is 2.02. The zero-order valence-electron chi connectivity index (χ0n) is 15.5. The second kappa shape index (κ2) is 5.24. The van der Waals surface area contributed by atoms with Crippen molar-refractivity contribution in [2.75, 3.05) is 13.7 Å². The number of nitrogens with zero attached hydrogens (tertiary/aromatic N) is 1. The van der Waals surface area contributed by atoms with Crippen LogP contribution in [0, 0.1) is 5.41 Å². The summed E-state index contributed by atoms with van der Waals surface area (Å²) in [4.78, 5) is 28.3. The van der Waals surface area contributed by atoms with Gasteiger partial charge in [0.1, 0.15) is 11.8 Å². The minimum atomic E-state index is -0.497. The van der Waals surface area contributed by atoms with Crippen LogP contribution in [-0.2, 0) is 21.4 Å². The summed E-state index contributed by atoms with van der Waals surface area (Å²) in [5.74, 6) is 1.14. The maximum atomic E-state index is 13.7. The smallest absolute Gasteiger partial charge is 0.243 e. The number of amides is 2. The van der Waals surface area contributed by atoms with E-state index in [4.69, 9.17) is 4.74 Å². The Kier molecular flexibility index (Phi) is 3.26. The molecule has 2 bridgehead atoms. The molecule has 2 amide bonds. The number of benzene rings is 1. The molecule has 2 heterocycles. The first-order valence-electron chi connectivity index (χ1n) is 9.76. The first-order valence-corrected chi connectivity index (χ1v) is 9.76. The van der Waals surface area contributed by atoms with E-state index < -0.39 is 5.41 Å². The molecular formula is C21H26N2O3. The van der Waals surface area contributed by atoms with Crippen LogP contribution in [0.15, 0.2) is 18.2 Å². The Morgan fingerprint density at radius 1 is 1.27 bits per heavy atom. The molecule has 1 spiro atoms. The molecule has 1 saturated carbocycles. The van der Waals surface area contributed by atoms with Crippen molar-refractivity contribution in [3.05, 3.63) is 29.3 Å². The predicted molar refractivity (Wildman–Crippen MR) is 97.0 cm³/mol. The van der Waals surface area contributed by atoms with Crippen LogP contribution in [0.4, 0.5) is 0 Å². The number of fused-ring (bicyclic) bond motifs is 4. The first-order chi connectivity index (χ1) is 12.5. The maximum Gasteiger partial charge on any atom is 0.243 e. The molecule has 5 rings (SSSR count). The quantitative estimate of drug-likeness (QED) is 0.841. The number of nitrogens with one attached hydrogen (secondary N) is 1. The largest absolute Gasteiger partial charge is 0.497 e. The van der Waals surface area contributed by atoms with Gasteiger partial charge in [0, 0.05) is 12.6 Å². The lowest BCUT2D eigenvalue weighted by Crippen LogP contribution is -2.61. The van der Waals surface area contributed by atoms with Gasteiger partial charge in [-0.15, -0.1) is 0 Å². The van der Waals surface area contributed by atoms with E-state index in [0.29, 0.717) is 0 Å². The van der Waals surface area contributed by atoms with E-state index in [2.05, 4.69) is 24.4 Å². The zero-order chi connectivity index (χ0) is 18.1. The second-order valence-electron chi connectivity index (χ2n) is 8.85. The fourth-order valence-corrected chi connectivity index (χ4v) is 6.15. The number of carbonyl (C=O) groups is 2. The van der Waals surface area contributed by atoms with Gasteiger partial charge >= 0.3 is 0 Å². The molecule has 0 unspecified atom stereocenters. The molecule has 0 aromatic heterocycles. The SMILES string of the molecule is COc1ccc2c(c1)[C@@]1(C)CC[C@@H]3NC(=O)[C@@H]4CCCN4C(=O)[C@]3(C2)C1. The van der Waals surface area contributed by atoms with E-state index >= 15 is 0 Å². The van der Waals surface area contributed by atoms with Crippen molar-refractivity contribution in [2.45, 2.75) is 62.9 Å². The van der Waals surface area contributed by atoms with E-state index in [9.17, 15) is 9.59 Å². The van der Waals surface area contributed by atoms with Gasteiger partial charge in [-0.1, -0.05) is 13.0 Å². The van der Waals surface area contributed by atoms with Crippen LogP contribution in [0.2, 0.25) is 0 Å². The fourth-order valence-electron chi connectivity index (χ4n) is 6.15. The van der Waals surface area contributed by atoms with Crippen molar-refractivity contribution in [1.82, 2.24) is 10.2 Å². The van der Waals surface area contributed by atoms with Gasteiger partial charge in [-0.2, -0.15) is 0 Å². The molecule has 5 nitrogen and oxygen atoms in total. The summed E-state index contributed by atoms with van der Waals surface area (Å²) < 4.78 is 5.45. The topological polar surface area (TPSA) is 58.6 Å². The summed E-state index contributed by atoms with van der Waals surface area (Å²) in [6.07, 6.45) is 5.10. The molecular weight excluding hydrogens is 328 g/mol. The number of rotatable bonds is 1. The van der Waals surface area contributed by atoms with Crippen LogP contribution in [-0.4, -0.2) is 42.5 Å². The van der Waals surface area contributed by atoms with E-state index in [1.165, 1.54) is 11.1 Å². The van der Waals surface area contributed by atoms with Crippen LogP contribution in [0.1, 0.15) is 50.2 Å². The summed E-state index contributed by atoms with van der Waals surface area (Å²) in [6.45, 7) is 3.00. The van der Waals surface area contributed by atoms with Gasteiger partial charge in [0.2, 0.25) is 11.8 Å². The molecule has 1 N–H and O–H groups in total. The molecule has 1 aromatic carbocycles. The molecule has 2 saturated heterocycles. The minimum Gasteiger partial charge on any atom is -0.497 e. The van der Waals surface area contributed by atoms with Crippen molar-refractivity contribution >= 4 is 11.8 Å². The highest BCUT2D eigenvalue weighted by molar-refractivity contribution is 5.95. The monoisotopic (exact) mass is 354 g/mol. The van der Waals surface area contributed by atoms with Crippen LogP contribution in [0.5, 0.6) is 5.75 Å². The van der Waals surface area contributed by atoms with Gasteiger partial charge < -0.3 is 15.0 Å². The average molecular weight is 354 g/mol. The lowest BCUT2D eigenvalue weighted by molar-refractivity contribution is -0.147. The maximum absolute atomic E-state index is 13.7. The Balaban J connectivity index is 1.65. The lowest BCUT2D eigenvalue weighted by atomic mass is 9.51. The summed E-state index contributed by atoms with van der Waals surface area (Å²) in [6, 6.07) is 5.97. The second-order valence-corrected chi connectivity index (χ2v) is 8.85. The summed E-state index contributed by atoms with van der Waals surface area (Å²) in [7, 11) is 1.70. The Morgan fingerprint density at radius 3 is 2.92 bits per heavy atom.